The first-order chi connectivity index (χ1) is 9.69. The van der Waals surface area contributed by atoms with Crippen molar-refractivity contribution in [3.8, 4) is 0 Å². The molecule has 1 amide bonds. The zero-order chi connectivity index (χ0) is 15.8. The number of fused-ring (bicyclic) bond motifs is 1. The van der Waals surface area contributed by atoms with Crippen LogP contribution in [0.1, 0.15) is 43.6 Å². The van der Waals surface area contributed by atoms with Gasteiger partial charge in [0.1, 0.15) is 5.60 Å². The van der Waals surface area contributed by atoms with Gasteiger partial charge in [0, 0.05) is 6.54 Å². The second kappa shape index (κ2) is 6.74. The van der Waals surface area contributed by atoms with E-state index in [9.17, 15) is 14.7 Å². The van der Waals surface area contributed by atoms with Gasteiger partial charge in [-0.2, -0.15) is 0 Å². The van der Waals surface area contributed by atoms with Crippen LogP contribution in [0.5, 0.6) is 0 Å². The Morgan fingerprint density at radius 1 is 1.27 bits per heavy atom. The molecule has 6 nitrogen and oxygen atoms in total. The fourth-order valence-corrected chi connectivity index (χ4v) is 2.29. The molecule has 1 unspecified atom stereocenters. The van der Waals surface area contributed by atoms with E-state index in [-0.39, 0.29) is 25.4 Å². The third-order valence-electron chi connectivity index (χ3n) is 3.20. The van der Waals surface area contributed by atoms with E-state index in [1.165, 1.54) is 4.90 Å². The van der Waals surface area contributed by atoms with Crippen molar-refractivity contribution in [2.45, 2.75) is 45.6 Å². The van der Waals surface area contributed by atoms with Crippen molar-refractivity contribution in [3.05, 3.63) is 34.9 Å². The maximum atomic E-state index is 12.1. The number of rotatable bonds is 2. The molecule has 1 atom stereocenters. The van der Waals surface area contributed by atoms with E-state index in [0.29, 0.717) is 17.7 Å². The predicted molar refractivity (Wildman–Crippen MR) is 81.7 cm³/mol. The molecule has 0 aliphatic carbocycles. The van der Waals surface area contributed by atoms with Crippen molar-refractivity contribution < 1.29 is 24.5 Å². The molecule has 0 fully saturated rings. The van der Waals surface area contributed by atoms with Crippen molar-refractivity contribution in [2.75, 3.05) is 0 Å². The summed E-state index contributed by atoms with van der Waals surface area (Å²) in [6.07, 6.45) is -2.03. The number of aliphatic hydroxyl groups is 1. The minimum absolute atomic E-state index is 0. The number of carbonyl (C=O) groups excluding carboxylic acids is 1. The number of benzene rings is 1. The van der Waals surface area contributed by atoms with Crippen LogP contribution < -0.4 is 0 Å². The number of aliphatic carboxylic acids is 1. The van der Waals surface area contributed by atoms with E-state index in [1.807, 2.05) is 6.07 Å². The van der Waals surface area contributed by atoms with Crippen LogP contribution in [0.3, 0.4) is 0 Å². The monoisotopic (exact) mass is 301 g/mol. The van der Waals surface area contributed by atoms with E-state index >= 15 is 0 Å². The van der Waals surface area contributed by atoms with Gasteiger partial charge in [-0.3, -0.25) is 4.90 Å². The van der Waals surface area contributed by atoms with E-state index < -0.39 is 23.8 Å². The molecule has 0 saturated carbocycles. The summed E-state index contributed by atoms with van der Waals surface area (Å²) in [4.78, 5) is 24.5. The summed E-state index contributed by atoms with van der Waals surface area (Å²) in [6, 6.07) is 5.06. The summed E-state index contributed by atoms with van der Waals surface area (Å²) in [6.45, 7) is 5.95. The molecule has 22 heavy (non-hydrogen) atoms. The van der Waals surface area contributed by atoms with Crippen LogP contribution in [0.4, 0.5) is 4.79 Å². The summed E-state index contributed by atoms with van der Waals surface area (Å²) in [5.41, 5.74) is 1.25. The average Bonchev–Trinajstić information content (AvgIpc) is 2.79. The Hall–Kier alpha value is -1.48. The van der Waals surface area contributed by atoms with Gasteiger partial charge < -0.3 is 14.9 Å². The number of ether oxygens (including phenoxy) is 1. The van der Waals surface area contributed by atoms with E-state index in [4.69, 9.17) is 9.84 Å². The Morgan fingerprint density at radius 3 is 2.45 bits per heavy atom. The van der Waals surface area contributed by atoms with Crippen LogP contribution in [-0.2, 0) is 22.6 Å². The van der Waals surface area contributed by atoms with Gasteiger partial charge in [0.25, 0.3) is 0 Å². The summed E-state index contributed by atoms with van der Waals surface area (Å²) in [7, 11) is 0. The number of carbonyl (C=O) groups is 2. The molecule has 1 aliphatic heterocycles. The summed E-state index contributed by atoms with van der Waals surface area (Å²) in [5.74, 6) is -1.31. The molecule has 1 heterocycles. The first kappa shape index (κ1) is 18.6. The fraction of sp³-hybridized carbons (Fsp3) is 0.467. The number of nitrogens with zero attached hydrogens (tertiary/aromatic N) is 1. The number of hydrogen-bond donors (Lipinski definition) is 2. The van der Waals surface area contributed by atoms with Crippen LogP contribution in [0.15, 0.2) is 18.2 Å². The van der Waals surface area contributed by atoms with Crippen molar-refractivity contribution in [3.63, 3.8) is 0 Å². The molecule has 7 heteroatoms. The third kappa shape index (κ3) is 4.04. The van der Waals surface area contributed by atoms with Gasteiger partial charge in [0.15, 0.2) is 6.10 Å². The first-order valence-corrected chi connectivity index (χ1v) is 6.68. The van der Waals surface area contributed by atoms with E-state index in [0.717, 1.165) is 5.56 Å². The van der Waals surface area contributed by atoms with Crippen LogP contribution in [0, 0.1) is 0 Å². The molecule has 0 aromatic heterocycles. The Balaban J connectivity index is 0.00000242. The molecule has 0 bridgehead atoms. The normalized spacial score (nSPS) is 14.8. The standard InChI is InChI=1S/C15H19NO5.Li.H/c1-15(2,3)21-14(20)16-7-9-5-4-6-10(11(9)8-16)12(17)13(18)19;;/h4-6,12,17H,7-8H2,1-3H3,(H,18,19);;. The number of carboxylic acid groups (broad SMARTS) is 1. The van der Waals surface area contributed by atoms with Crippen LogP contribution in [-0.4, -0.2) is 51.6 Å². The van der Waals surface area contributed by atoms with Gasteiger partial charge in [-0.15, -0.1) is 0 Å². The van der Waals surface area contributed by atoms with Crippen LogP contribution in [0.25, 0.3) is 0 Å². The number of aliphatic hydroxyl groups excluding tert-OH is 1. The zero-order valence-corrected chi connectivity index (χ0v) is 12.3. The predicted octanol–water partition coefficient (Wildman–Crippen LogP) is 1.41. The molecule has 1 aromatic rings. The Bertz CT molecular complexity index is 582. The van der Waals surface area contributed by atoms with Crippen molar-refractivity contribution in [1.29, 1.82) is 0 Å². The van der Waals surface area contributed by atoms with E-state index in [1.54, 1.807) is 32.9 Å². The molecule has 2 rings (SSSR count). The molecule has 0 saturated heterocycles. The Labute approximate surface area is 141 Å². The topological polar surface area (TPSA) is 87.1 Å². The minimum atomic E-state index is -1.58. The average molecular weight is 301 g/mol. The zero-order valence-electron chi connectivity index (χ0n) is 12.3. The molecule has 1 aromatic carbocycles. The van der Waals surface area contributed by atoms with Gasteiger partial charge in [0.05, 0.1) is 6.54 Å². The van der Waals surface area contributed by atoms with Gasteiger partial charge in [-0.1, -0.05) is 18.2 Å². The SMILES string of the molecule is CC(C)(C)OC(=O)N1Cc2cccc(C(O)C(=O)O)c2C1.[LiH]. The van der Waals surface area contributed by atoms with Gasteiger partial charge in [-0.05, 0) is 37.5 Å². The van der Waals surface area contributed by atoms with Crippen molar-refractivity contribution >= 4 is 30.9 Å². The van der Waals surface area contributed by atoms with Crippen molar-refractivity contribution in [2.24, 2.45) is 0 Å². The van der Waals surface area contributed by atoms with Crippen molar-refractivity contribution in [1.82, 2.24) is 4.90 Å². The number of carboxylic acids is 1. The van der Waals surface area contributed by atoms with Crippen LogP contribution in [0.2, 0.25) is 0 Å². The summed E-state index contributed by atoms with van der Waals surface area (Å²) < 4.78 is 5.31. The first-order valence-electron chi connectivity index (χ1n) is 6.68. The van der Waals surface area contributed by atoms with Gasteiger partial charge in [0.2, 0.25) is 0 Å². The van der Waals surface area contributed by atoms with Gasteiger partial charge in [-0.25, -0.2) is 9.59 Å². The molecule has 2 N–H and O–H groups in total. The Morgan fingerprint density at radius 2 is 1.91 bits per heavy atom. The van der Waals surface area contributed by atoms with Crippen LogP contribution >= 0.6 is 0 Å². The van der Waals surface area contributed by atoms with Gasteiger partial charge >= 0.3 is 30.9 Å². The fourth-order valence-electron chi connectivity index (χ4n) is 2.29. The quantitative estimate of drug-likeness (QED) is 0.806. The number of amides is 1. The summed E-state index contributed by atoms with van der Waals surface area (Å²) in [5, 5.41) is 18.7. The molecular formula is C15H20LiNO5. The summed E-state index contributed by atoms with van der Waals surface area (Å²) >= 11 is 0. The third-order valence-corrected chi connectivity index (χ3v) is 3.20. The molecule has 116 valence electrons. The molecule has 0 radical (unpaired) electrons. The molecular weight excluding hydrogens is 281 g/mol. The second-order valence-electron chi connectivity index (χ2n) is 6.06. The van der Waals surface area contributed by atoms with E-state index in [2.05, 4.69) is 0 Å². The Kier molecular flexibility index (Phi) is 5.69. The number of hydrogen-bond acceptors (Lipinski definition) is 4. The molecule has 0 spiro atoms. The second-order valence-corrected chi connectivity index (χ2v) is 6.06. The maximum absolute atomic E-state index is 12.1. The molecule has 1 aliphatic rings.